The second kappa shape index (κ2) is 5.79. The lowest BCUT2D eigenvalue weighted by Gasteiger charge is -1.98. The Hall–Kier alpha value is -0.990. The smallest absolute Gasteiger partial charge is 0.264 e. The standard InChI is InChI=1S/C4H5NO3.C3H8O3S/c6-3-1-2-4(7)5(3)8;1-2-3-7(4,5)6/h8H,1-2H2;2-3H2,1H3,(H,4,5,6). The Balaban J connectivity index is 0.000000265. The highest BCUT2D eigenvalue weighted by Crippen LogP contribution is 2.06. The summed E-state index contributed by atoms with van der Waals surface area (Å²) in [5, 5.41) is 8.57. The van der Waals surface area contributed by atoms with Crippen LogP contribution in [0.3, 0.4) is 0 Å². The largest absolute Gasteiger partial charge is 0.286 e. The predicted octanol–water partition coefficient (Wildman–Crippen LogP) is -0.191. The zero-order chi connectivity index (χ0) is 12.1. The lowest BCUT2D eigenvalue weighted by Crippen LogP contribution is -2.24. The summed E-state index contributed by atoms with van der Waals surface area (Å²) in [5.41, 5.74) is 0. The first-order valence-electron chi connectivity index (χ1n) is 4.27. The summed E-state index contributed by atoms with van der Waals surface area (Å²) in [6.45, 7) is 1.69. The minimum atomic E-state index is -3.67. The molecule has 0 spiro atoms. The van der Waals surface area contributed by atoms with Gasteiger partial charge in [0, 0.05) is 12.8 Å². The van der Waals surface area contributed by atoms with Crippen molar-refractivity contribution < 1.29 is 27.8 Å². The van der Waals surface area contributed by atoms with Crippen molar-refractivity contribution >= 4 is 21.9 Å². The number of hydrogen-bond donors (Lipinski definition) is 2. The third-order valence-electron chi connectivity index (χ3n) is 1.49. The van der Waals surface area contributed by atoms with E-state index in [1.165, 1.54) is 0 Å². The van der Waals surface area contributed by atoms with Gasteiger partial charge in [-0.3, -0.25) is 19.3 Å². The number of amides is 2. The Bertz CT molecular complexity index is 319. The molecule has 2 N–H and O–H groups in total. The predicted molar refractivity (Wildman–Crippen MR) is 49.6 cm³/mol. The molecule has 1 heterocycles. The zero-order valence-corrected chi connectivity index (χ0v) is 9.03. The molecule has 7 nitrogen and oxygen atoms in total. The lowest BCUT2D eigenvalue weighted by atomic mass is 10.4. The zero-order valence-electron chi connectivity index (χ0n) is 8.21. The molecule has 0 aromatic heterocycles. The van der Waals surface area contributed by atoms with E-state index in [1.54, 1.807) is 6.92 Å². The molecule has 88 valence electrons. The Kier molecular flexibility index (Phi) is 5.40. The van der Waals surface area contributed by atoms with Crippen molar-refractivity contribution in [1.29, 1.82) is 0 Å². The van der Waals surface area contributed by atoms with Crippen molar-refractivity contribution in [3.8, 4) is 0 Å². The second-order valence-corrected chi connectivity index (χ2v) is 4.46. The first kappa shape index (κ1) is 14.0. The summed E-state index contributed by atoms with van der Waals surface area (Å²) < 4.78 is 27.6. The van der Waals surface area contributed by atoms with Crippen molar-refractivity contribution in [3.05, 3.63) is 0 Å². The monoisotopic (exact) mass is 239 g/mol. The van der Waals surface area contributed by atoms with Gasteiger partial charge in [0.25, 0.3) is 21.9 Å². The normalized spacial score (nSPS) is 16.3. The summed E-state index contributed by atoms with van der Waals surface area (Å²) in [7, 11) is -3.67. The molecular formula is C7H13NO6S. The van der Waals surface area contributed by atoms with Gasteiger partial charge in [0.15, 0.2) is 0 Å². The highest BCUT2D eigenvalue weighted by Gasteiger charge is 2.26. The van der Waals surface area contributed by atoms with Crippen LogP contribution >= 0.6 is 0 Å². The van der Waals surface area contributed by atoms with Crippen molar-refractivity contribution in [3.63, 3.8) is 0 Å². The molecule has 1 aliphatic heterocycles. The maximum atomic E-state index is 10.2. The van der Waals surface area contributed by atoms with E-state index in [0.29, 0.717) is 6.42 Å². The minimum absolute atomic E-state index is 0.132. The molecular weight excluding hydrogens is 226 g/mol. The molecule has 0 unspecified atom stereocenters. The van der Waals surface area contributed by atoms with E-state index in [9.17, 15) is 18.0 Å². The number of nitrogens with zero attached hydrogens (tertiary/aromatic N) is 1. The van der Waals surface area contributed by atoms with Gasteiger partial charge in [0.2, 0.25) is 0 Å². The van der Waals surface area contributed by atoms with Crippen molar-refractivity contribution in [2.75, 3.05) is 5.75 Å². The maximum Gasteiger partial charge on any atom is 0.264 e. The summed E-state index contributed by atoms with van der Waals surface area (Å²) in [5.74, 6) is -1.14. The number of hydroxylamine groups is 2. The van der Waals surface area contributed by atoms with Crippen LogP contribution in [-0.2, 0) is 19.7 Å². The molecule has 0 saturated carbocycles. The van der Waals surface area contributed by atoms with Crippen LogP contribution in [-0.4, -0.2) is 40.8 Å². The van der Waals surface area contributed by atoms with E-state index in [2.05, 4.69) is 0 Å². The SMILES string of the molecule is CCCS(=O)(=O)O.O=C1CCC(=O)N1O. The second-order valence-electron chi connectivity index (χ2n) is 2.89. The molecule has 0 atom stereocenters. The van der Waals surface area contributed by atoms with Crippen molar-refractivity contribution in [2.45, 2.75) is 26.2 Å². The van der Waals surface area contributed by atoms with Gasteiger partial charge in [-0.1, -0.05) is 6.92 Å². The highest BCUT2D eigenvalue weighted by molar-refractivity contribution is 7.85. The number of rotatable bonds is 2. The molecule has 0 aliphatic carbocycles. The third-order valence-corrected chi connectivity index (χ3v) is 2.41. The maximum absolute atomic E-state index is 10.2. The van der Waals surface area contributed by atoms with Crippen LogP contribution in [0.2, 0.25) is 0 Å². The fourth-order valence-corrected chi connectivity index (χ4v) is 1.34. The molecule has 1 fully saturated rings. The number of carbonyl (C=O) groups is 2. The van der Waals surface area contributed by atoms with Gasteiger partial charge in [-0.2, -0.15) is 13.5 Å². The molecule has 15 heavy (non-hydrogen) atoms. The topological polar surface area (TPSA) is 112 Å². The number of carbonyl (C=O) groups excluding carboxylic acids is 2. The Morgan fingerprint density at radius 1 is 1.27 bits per heavy atom. The molecule has 0 radical (unpaired) electrons. The van der Waals surface area contributed by atoms with Crippen molar-refractivity contribution in [2.24, 2.45) is 0 Å². The van der Waals surface area contributed by atoms with Gasteiger partial charge in [-0.05, 0) is 6.42 Å². The fourth-order valence-electron chi connectivity index (χ4n) is 0.823. The Labute approximate surface area is 87.4 Å². The van der Waals surface area contributed by atoms with Gasteiger partial charge >= 0.3 is 0 Å². The highest BCUT2D eigenvalue weighted by atomic mass is 32.2. The molecule has 8 heteroatoms. The van der Waals surface area contributed by atoms with E-state index < -0.39 is 21.9 Å². The van der Waals surface area contributed by atoms with Gasteiger partial charge in [0.1, 0.15) is 0 Å². The van der Waals surface area contributed by atoms with Gasteiger partial charge in [0.05, 0.1) is 5.75 Å². The fraction of sp³-hybridized carbons (Fsp3) is 0.714. The third kappa shape index (κ3) is 6.15. The van der Waals surface area contributed by atoms with E-state index >= 15 is 0 Å². The molecule has 0 aromatic carbocycles. The molecule has 1 rings (SSSR count). The molecule has 2 amide bonds. The van der Waals surface area contributed by atoms with Gasteiger partial charge in [-0.15, -0.1) is 0 Å². The van der Waals surface area contributed by atoms with E-state index in [4.69, 9.17) is 9.76 Å². The van der Waals surface area contributed by atoms with Crippen LogP contribution in [0.5, 0.6) is 0 Å². The van der Waals surface area contributed by atoms with Crippen LogP contribution in [0.4, 0.5) is 0 Å². The van der Waals surface area contributed by atoms with Crippen LogP contribution in [0, 0.1) is 0 Å². The van der Waals surface area contributed by atoms with E-state index in [-0.39, 0.29) is 23.7 Å². The van der Waals surface area contributed by atoms with E-state index in [0.717, 1.165) is 0 Å². The summed E-state index contributed by atoms with van der Waals surface area (Å²) in [4.78, 5) is 20.5. The van der Waals surface area contributed by atoms with Crippen LogP contribution in [0.1, 0.15) is 26.2 Å². The van der Waals surface area contributed by atoms with Crippen LogP contribution < -0.4 is 0 Å². The summed E-state index contributed by atoms with van der Waals surface area (Å²) >= 11 is 0. The van der Waals surface area contributed by atoms with Gasteiger partial charge in [-0.25, -0.2) is 0 Å². The molecule has 0 aromatic rings. The Morgan fingerprint density at radius 3 is 1.73 bits per heavy atom. The lowest BCUT2D eigenvalue weighted by molar-refractivity contribution is -0.171. The number of hydrogen-bond acceptors (Lipinski definition) is 5. The first-order valence-corrected chi connectivity index (χ1v) is 5.88. The number of imide groups is 1. The Morgan fingerprint density at radius 2 is 1.67 bits per heavy atom. The quantitative estimate of drug-likeness (QED) is 0.392. The first-order chi connectivity index (χ1) is 6.78. The molecule has 1 aliphatic rings. The molecule has 1 saturated heterocycles. The minimum Gasteiger partial charge on any atom is -0.286 e. The summed E-state index contributed by atoms with van der Waals surface area (Å²) in [6.07, 6.45) is 0.767. The van der Waals surface area contributed by atoms with Crippen LogP contribution in [0.25, 0.3) is 0 Å². The average Bonchev–Trinajstić information content (AvgIpc) is 2.35. The van der Waals surface area contributed by atoms with Crippen LogP contribution in [0.15, 0.2) is 0 Å². The molecule has 0 bridgehead atoms. The van der Waals surface area contributed by atoms with Crippen molar-refractivity contribution in [1.82, 2.24) is 5.06 Å². The average molecular weight is 239 g/mol. The van der Waals surface area contributed by atoms with Gasteiger partial charge < -0.3 is 0 Å². The summed E-state index contributed by atoms with van der Waals surface area (Å²) in [6, 6.07) is 0. The van der Waals surface area contributed by atoms with E-state index in [1.807, 2.05) is 0 Å².